The van der Waals surface area contributed by atoms with E-state index >= 15 is 0 Å². The maximum Gasteiger partial charge on any atom is 0.335 e. The van der Waals surface area contributed by atoms with Crippen LogP contribution in [0, 0.1) is 0 Å². The van der Waals surface area contributed by atoms with Gasteiger partial charge < -0.3 is 20.8 Å². The molecule has 1 aromatic carbocycles. The van der Waals surface area contributed by atoms with Crippen LogP contribution < -0.4 is 10.6 Å². The topological polar surface area (TPSA) is 90.0 Å². The van der Waals surface area contributed by atoms with E-state index < -0.39 is 11.6 Å². The van der Waals surface area contributed by atoms with E-state index in [-0.39, 0.29) is 5.56 Å². The standard InChI is InChI=1S/C15H23N3O3/c1-15(2,21)10-17-5-7-18(8-6-17)13-4-3-11(14(19)20)9-12(13)16/h3-4,9,21H,5-8,10,16H2,1-2H3,(H,19,20). The van der Waals surface area contributed by atoms with Crippen molar-refractivity contribution >= 4 is 17.3 Å². The molecule has 1 aliphatic rings. The lowest BCUT2D eigenvalue weighted by Crippen LogP contribution is -2.50. The Morgan fingerprint density at radius 1 is 1.29 bits per heavy atom. The third kappa shape index (κ3) is 4.09. The smallest absolute Gasteiger partial charge is 0.335 e. The lowest BCUT2D eigenvalue weighted by Gasteiger charge is -2.38. The number of carbonyl (C=O) groups is 1. The first-order chi connectivity index (χ1) is 9.76. The lowest BCUT2D eigenvalue weighted by atomic mass is 10.1. The van der Waals surface area contributed by atoms with Crippen LogP contribution in [0.1, 0.15) is 24.2 Å². The highest BCUT2D eigenvalue weighted by atomic mass is 16.4. The van der Waals surface area contributed by atoms with E-state index in [2.05, 4.69) is 9.80 Å². The normalized spacial score (nSPS) is 17.0. The number of β-amino-alcohol motifs (C(OH)–C–C–N with tert-alkyl or cyclic N) is 1. The number of carboxylic acid groups (broad SMARTS) is 1. The van der Waals surface area contributed by atoms with Crippen molar-refractivity contribution in [3.8, 4) is 0 Å². The van der Waals surface area contributed by atoms with Crippen molar-refractivity contribution in [1.82, 2.24) is 4.90 Å². The van der Waals surface area contributed by atoms with Gasteiger partial charge in [0.05, 0.1) is 22.5 Å². The minimum absolute atomic E-state index is 0.205. The average Bonchev–Trinajstić information content (AvgIpc) is 2.38. The second-order valence-corrected chi connectivity index (χ2v) is 6.15. The molecule has 21 heavy (non-hydrogen) atoms. The summed E-state index contributed by atoms with van der Waals surface area (Å²) in [4.78, 5) is 15.3. The largest absolute Gasteiger partial charge is 0.478 e. The fourth-order valence-electron chi connectivity index (χ4n) is 2.67. The molecule has 0 radical (unpaired) electrons. The van der Waals surface area contributed by atoms with Gasteiger partial charge in [-0.3, -0.25) is 4.90 Å². The number of nitrogen functional groups attached to an aromatic ring is 1. The first kappa shape index (κ1) is 15.6. The van der Waals surface area contributed by atoms with Gasteiger partial charge in [0.15, 0.2) is 0 Å². The summed E-state index contributed by atoms with van der Waals surface area (Å²) < 4.78 is 0. The summed E-state index contributed by atoms with van der Waals surface area (Å²) in [5, 5.41) is 18.8. The number of hydrogen-bond donors (Lipinski definition) is 3. The van der Waals surface area contributed by atoms with Crippen LogP contribution in [0.2, 0.25) is 0 Å². The van der Waals surface area contributed by atoms with Gasteiger partial charge in [0.25, 0.3) is 0 Å². The molecule has 0 aromatic heterocycles. The number of aliphatic hydroxyl groups is 1. The van der Waals surface area contributed by atoms with Gasteiger partial charge in [0.1, 0.15) is 0 Å². The second kappa shape index (κ2) is 5.91. The summed E-state index contributed by atoms with van der Waals surface area (Å²) in [5.74, 6) is -0.969. The molecule has 4 N–H and O–H groups in total. The molecule has 1 fully saturated rings. The van der Waals surface area contributed by atoms with Crippen LogP contribution >= 0.6 is 0 Å². The van der Waals surface area contributed by atoms with Crippen LogP contribution in [0.4, 0.5) is 11.4 Å². The van der Waals surface area contributed by atoms with Gasteiger partial charge >= 0.3 is 5.97 Å². The molecule has 0 unspecified atom stereocenters. The number of rotatable bonds is 4. The number of carboxylic acids is 1. The molecule has 1 heterocycles. The van der Waals surface area contributed by atoms with Gasteiger partial charge in [0, 0.05) is 32.7 Å². The number of aromatic carboxylic acids is 1. The highest BCUT2D eigenvalue weighted by molar-refractivity contribution is 5.90. The Balaban J connectivity index is 2.01. The van der Waals surface area contributed by atoms with E-state index in [4.69, 9.17) is 10.8 Å². The van der Waals surface area contributed by atoms with Crippen LogP contribution in [0.25, 0.3) is 0 Å². The Morgan fingerprint density at radius 3 is 2.38 bits per heavy atom. The number of hydrogen-bond acceptors (Lipinski definition) is 5. The highest BCUT2D eigenvalue weighted by Gasteiger charge is 2.23. The van der Waals surface area contributed by atoms with Crippen LogP contribution in [0.5, 0.6) is 0 Å². The maximum atomic E-state index is 10.9. The van der Waals surface area contributed by atoms with Crippen molar-refractivity contribution in [3.05, 3.63) is 23.8 Å². The molecule has 1 aliphatic heterocycles. The zero-order valence-corrected chi connectivity index (χ0v) is 12.5. The Morgan fingerprint density at radius 2 is 1.90 bits per heavy atom. The number of nitrogens with zero attached hydrogens (tertiary/aromatic N) is 2. The Labute approximate surface area is 124 Å². The third-order valence-electron chi connectivity index (χ3n) is 3.60. The molecule has 1 saturated heterocycles. The molecule has 0 spiro atoms. The first-order valence-corrected chi connectivity index (χ1v) is 7.09. The lowest BCUT2D eigenvalue weighted by molar-refractivity contribution is 0.0345. The quantitative estimate of drug-likeness (QED) is 0.713. The number of nitrogens with two attached hydrogens (primary N) is 1. The van der Waals surface area contributed by atoms with Gasteiger partial charge in [-0.2, -0.15) is 0 Å². The fourth-order valence-corrected chi connectivity index (χ4v) is 2.67. The number of anilines is 2. The van der Waals surface area contributed by atoms with E-state index in [0.29, 0.717) is 12.2 Å². The van der Waals surface area contributed by atoms with E-state index in [1.807, 2.05) is 13.8 Å². The number of piperazine rings is 1. The molecule has 0 atom stereocenters. The van der Waals surface area contributed by atoms with Crippen LogP contribution in [-0.2, 0) is 0 Å². The van der Waals surface area contributed by atoms with E-state index in [1.54, 1.807) is 12.1 Å². The van der Waals surface area contributed by atoms with E-state index in [1.165, 1.54) is 6.07 Å². The van der Waals surface area contributed by atoms with Crippen LogP contribution in [0.15, 0.2) is 18.2 Å². The third-order valence-corrected chi connectivity index (χ3v) is 3.60. The molecule has 116 valence electrons. The Kier molecular flexibility index (Phi) is 4.39. The van der Waals surface area contributed by atoms with Gasteiger partial charge in [-0.25, -0.2) is 4.79 Å². The second-order valence-electron chi connectivity index (χ2n) is 6.15. The van der Waals surface area contributed by atoms with Crippen molar-refractivity contribution in [1.29, 1.82) is 0 Å². The Bertz CT molecular complexity index is 517. The minimum atomic E-state index is -0.969. The van der Waals surface area contributed by atoms with Gasteiger partial charge in [-0.1, -0.05) is 0 Å². The van der Waals surface area contributed by atoms with Crippen molar-refractivity contribution in [3.63, 3.8) is 0 Å². The van der Waals surface area contributed by atoms with Crippen LogP contribution in [0.3, 0.4) is 0 Å². The summed E-state index contributed by atoms with van der Waals surface area (Å²) in [5.41, 5.74) is 6.85. The predicted molar refractivity (Wildman–Crippen MR) is 82.8 cm³/mol. The van der Waals surface area contributed by atoms with E-state index in [9.17, 15) is 9.90 Å². The summed E-state index contributed by atoms with van der Waals surface area (Å²) in [6.45, 7) is 7.59. The van der Waals surface area contributed by atoms with Crippen molar-refractivity contribution in [2.75, 3.05) is 43.4 Å². The Hall–Kier alpha value is -1.79. The summed E-state index contributed by atoms with van der Waals surface area (Å²) in [6.07, 6.45) is 0. The van der Waals surface area contributed by atoms with Crippen molar-refractivity contribution in [2.45, 2.75) is 19.4 Å². The molecule has 0 saturated carbocycles. The molecule has 0 bridgehead atoms. The van der Waals surface area contributed by atoms with Gasteiger partial charge in [-0.15, -0.1) is 0 Å². The summed E-state index contributed by atoms with van der Waals surface area (Å²) in [7, 11) is 0. The SMILES string of the molecule is CC(C)(O)CN1CCN(c2ccc(C(=O)O)cc2N)CC1. The molecular weight excluding hydrogens is 270 g/mol. The molecule has 1 aromatic rings. The zero-order chi connectivity index (χ0) is 15.6. The molecular formula is C15H23N3O3. The van der Waals surface area contributed by atoms with Gasteiger partial charge in [0.2, 0.25) is 0 Å². The first-order valence-electron chi connectivity index (χ1n) is 7.09. The van der Waals surface area contributed by atoms with Gasteiger partial charge in [-0.05, 0) is 32.0 Å². The molecule has 0 amide bonds. The van der Waals surface area contributed by atoms with Crippen LogP contribution in [-0.4, -0.2) is 59.4 Å². The van der Waals surface area contributed by atoms with Crippen molar-refractivity contribution in [2.24, 2.45) is 0 Å². The molecule has 0 aliphatic carbocycles. The molecule has 2 rings (SSSR count). The van der Waals surface area contributed by atoms with E-state index in [0.717, 1.165) is 31.9 Å². The monoisotopic (exact) mass is 293 g/mol. The summed E-state index contributed by atoms with van der Waals surface area (Å²) in [6, 6.07) is 4.85. The fraction of sp³-hybridized carbons (Fsp3) is 0.533. The number of benzene rings is 1. The highest BCUT2D eigenvalue weighted by Crippen LogP contribution is 2.25. The zero-order valence-electron chi connectivity index (χ0n) is 12.5. The molecule has 6 nitrogen and oxygen atoms in total. The van der Waals surface area contributed by atoms with Crippen molar-refractivity contribution < 1.29 is 15.0 Å². The summed E-state index contributed by atoms with van der Waals surface area (Å²) >= 11 is 0. The molecule has 6 heteroatoms. The minimum Gasteiger partial charge on any atom is -0.478 e. The maximum absolute atomic E-state index is 10.9. The average molecular weight is 293 g/mol. The predicted octanol–water partition coefficient (Wildman–Crippen LogP) is 0.860.